The maximum absolute atomic E-state index is 5.99. The quantitative estimate of drug-likeness (QED) is 0.414. The number of halogens is 3. The molecule has 3 rings (SSSR count). The lowest BCUT2D eigenvalue weighted by Crippen LogP contribution is -1.94. The Balaban J connectivity index is 2.20. The van der Waals surface area contributed by atoms with Gasteiger partial charge in [-0.05, 0) is 65.1 Å². The van der Waals surface area contributed by atoms with Crippen molar-refractivity contribution in [1.29, 1.82) is 0 Å². The molecule has 1 heterocycles. The van der Waals surface area contributed by atoms with E-state index >= 15 is 0 Å². The fourth-order valence-corrected chi connectivity index (χ4v) is 2.75. The van der Waals surface area contributed by atoms with Crippen LogP contribution >= 0.6 is 45.8 Å². The molecular formula is C14H7Cl2IN2. The largest absolute Gasteiger partial charge is 0.228 e. The molecule has 0 N–H and O–H groups in total. The highest BCUT2D eigenvalue weighted by molar-refractivity contribution is 14.1. The van der Waals surface area contributed by atoms with Gasteiger partial charge in [0, 0.05) is 21.0 Å². The SMILES string of the molecule is Clc1ccc(-c2nc(I)c3cc(Cl)ccc3n2)cc1. The molecule has 0 aliphatic rings. The normalized spacial score (nSPS) is 10.9. The predicted octanol–water partition coefficient (Wildman–Crippen LogP) is 5.21. The molecule has 2 nitrogen and oxygen atoms in total. The van der Waals surface area contributed by atoms with E-state index in [0.717, 1.165) is 20.2 Å². The van der Waals surface area contributed by atoms with Crippen LogP contribution in [-0.2, 0) is 0 Å². The highest BCUT2D eigenvalue weighted by atomic mass is 127. The van der Waals surface area contributed by atoms with Gasteiger partial charge in [-0.3, -0.25) is 0 Å². The van der Waals surface area contributed by atoms with E-state index in [2.05, 4.69) is 32.6 Å². The zero-order valence-electron chi connectivity index (χ0n) is 9.57. The van der Waals surface area contributed by atoms with E-state index in [4.69, 9.17) is 23.2 Å². The van der Waals surface area contributed by atoms with Crippen LogP contribution in [0.3, 0.4) is 0 Å². The van der Waals surface area contributed by atoms with Crippen molar-refractivity contribution < 1.29 is 0 Å². The Bertz CT molecular complexity index is 757. The third kappa shape index (κ3) is 2.68. The summed E-state index contributed by atoms with van der Waals surface area (Å²) < 4.78 is 0.884. The lowest BCUT2D eigenvalue weighted by molar-refractivity contribution is 1.20. The van der Waals surface area contributed by atoms with Crippen molar-refractivity contribution in [3.63, 3.8) is 0 Å². The van der Waals surface area contributed by atoms with Crippen LogP contribution in [-0.4, -0.2) is 9.97 Å². The highest BCUT2D eigenvalue weighted by Crippen LogP contribution is 2.25. The monoisotopic (exact) mass is 400 g/mol. The fourth-order valence-electron chi connectivity index (χ4n) is 1.79. The van der Waals surface area contributed by atoms with Crippen molar-refractivity contribution in [2.45, 2.75) is 0 Å². The maximum atomic E-state index is 5.99. The molecule has 3 aromatic rings. The molecule has 5 heteroatoms. The smallest absolute Gasteiger partial charge is 0.160 e. The molecule has 0 radical (unpaired) electrons. The number of hydrogen-bond acceptors (Lipinski definition) is 2. The Hall–Kier alpha value is -0.910. The van der Waals surface area contributed by atoms with E-state index in [1.807, 2.05) is 42.5 Å². The van der Waals surface area contributed by atoms with Gasteiger partial charge in [0.2, 0.25) is 0 Å². The molecule has 0 aliphatic carbocycles. The fraction of sp³-hybridized carbons (Fsp3) is 0. The topological polar surface area (TPSA) is 25.8 Å². The third-order valence-corrected chi connectivity index (χ3v) is 4.02. The maximum Gasteiger partial charge on any atom is 0.160 e. The van der Waals surface area contributed by atoms with Crippen LogP contribution in [0.25, 0.3) is 22.3 Å². The molecule has 0 amide bonds. The summed E-state index contributed by atoms with van der Waals surface area (Å²) in [6.45, 7) is 0. The molecule has 0 aliphatic heterocycles. The van der Waals surface area contributed by atoms with Gasteiger partial charge < -0.3 is 0 Å². The molecule has 0 atom stereocenters. The minimum absolute atomic E-state index is 0.688. The first kappa shape index (κ1) is 13.1. The van der Waals surface area contributed by atoms with Gasteiger partial charge in [0.1, 0.15) is 3.70 Å². The van der Waals surface area contributed by atoms with Crippen molar-refractivity contribution >= 4 is 56.7 Å². The van der Waals surface area contributed by atoms with E-state index in [9.17, 15) is 0 Å². The summed E-state index contributed by atoms with van der Waals surface area (Å²) in [6, 6.07) is 13.1. The van der Waals surface area contributed by atoms with Gasteiger partial charge in [0.15, 0.2) is 5.82 Å². The van der Waals surface area contributed by atoms with Crippen molar-refractivity contribution in [2.75, 3.05) is 0 Å². The molecule has 0 saturated heterocycles. The van der Waals surface area contributed by atoms with Crippen LogP contribution in [0, 0.1) is 3.70 Å². The molecule has 19 heavy (non-hydrogen) atoms. The van der Waals surface area contributed by atoms with E-state index in [-0.39, 0.29) is 0 Å². The van der Waals surface area contributed by atoms with Gasteiger partial charge in [-0.25, -0.2) is 9.97 Å². The number of aromatic nitrogens is 2. The van der Waals surface area contributed by atoms with Gasteiger partial charge in [-0.15, -0.1) is 0 Å². The highest BCUT2D eigenvalue weighted by Gasteiger charge is 2.08. The molecular weight excluding hydrogens is 394 g/mol. The van der Waals surface area contributed by atoms with Crippen LogP contribution in [0.15, 0.2) is 42.5 Å². The zero-order valence-corrected chi connectivity index (χ0v) is 13.2. The molecule has 0 bridgehead atoms. The second-order valence-corrected chi connectivity index (χ2v) is 5.90. The molecule has 2 aromatic carbocycles. The van der Waals surface area contributed by atoms with Crippen LogP contribution in [0.4, 0.5) is 0 Å². The van der Waals surface area contributed by atoms with Crippen molar-refractivity contribution in [3.05, 3.63) is 56.2 Å². The number of rotatable bonds is 1. The first-order valence-electron chi connectivity index (χ1n) is 5.52. The number of fused-ring (bicyclic) bond motifs is 1. The average molecular weight is 401 g/mol. The van der Waals surface area contributed by atoms with E-state index in [0.29, 0.717) is 15.9 Å². The summed E-state index contributed by atoms with van der Waals surface area (Å²) >= 11 is 14.1. The lowest BCUT2D eigenvalue weighted by atomic mass is 10.2. The average Bonchev–Trinajstić information content (AvgIpc) is 2.40. The summed E-state index contributed by atoms with van der Waals surface area (Å²) in [4.78, 5) is 9.08. The van der Waals surface area contributed by atoms with Crippen molar-refractivity contribution in [1.82, 2.24) is 9.97 Å². The second kappa shape index (κ2) is 5.23. The van der Waals surface area contributed by atoms with Crippen LogP contribution < -0.4 is 0 Å². The minimum Gasteiger partial charge on any atom is -0.228 e. The molecule has 94 valence electrons. The van der Waals surface area contributed by atoms with Crippen LogP contribution in [0.5, 0.6) is 0 Å². The summed E-state index contributed by atoms with van der Waals surface area (Å²) in [6.07, 6.45) is 0. The Morgan fingerprint density at radius 3 is 2.26 bits per heavy atom. The first-order valence-corrected chi connectivity index (χ1v) is 7.36. The standard InChI is InChI=1S/C14H7Cl2IN2/c15-9-3-1-8(2-4-9)14-18-12-6-5-10(16)7-11(12)13(17)19-14/h1-7H. The van der Waals surface area contributed by atoms with Gasteiger partial charge in [-0.2, -0.15) is 0 Å². The van der Waals surface area contributed by atoms with E-state index in [1.54, 1.807) is 0 Å². The Labute approximate surface area is 133 Å². The zero-order chi connectivity index (χ0) is 13.4. The number of nitrogens with zero attached hydrogens (tertiary/aromatic N) is 2. The molecule has 0 saturated carbocycles. The third-order valence-electron chi connectivity index (χ3n) is 2.71. The molecule has 0 spiro atoms. The van der Waals surface area contributed by atoms with Crippen LogP contribution in [0.2, 0.25) is 10.0 Å². The summed E-state index contributed by atoms with van der Waals surface area (Å²) in [5.41, 5.74) is 1.83. The van der Waals surface area contributed by atoms with Gasteiger partial charge in [-0.1, -0.05) is 23.2 Å². The van der Waals surface area contributed by atoms with Gasteiger partial charge in [0.05, 0.1) is 5.52 Å². The Kier molecular flexibility index (Phi) is 3.60. The second-order valence-electron chi connectivity index (χ2n) is 4.01. The number of hydrogen-bond donors (Lipinski definition) is 0. The van der Waals surface area contributed by atoms with Crippen molar-refractivity contribution in [3.8, 4) is 11.4 Å². The van der Waals surface area contributed by atoms with Gasteiger partial charge in [0.25, 0.3) is 0 Å². The molecule has 0 fully saturated rings. The summed E-state index contributed by atoms with van der Waals surface area (Å²) in [7, 11) is 0. The molecule has 1 aromatic heterocycles. The predicted molar refractivity (Wildman–Crippen MR) is 87.7 cm³/mol. The van der Waals surface area contributed by atoms with Gasteiger partial charge >= 0.3 is 0 Å². The van der Waals surface area contributed by atoms with E-state index in [1.165, 1.54) is 0 Å². The summed E-state index contributed by atoms with van der Waals surface area (Å²) in [5, 5.41) is 2.35. The summed E-state index contributed by atoms with van der Waals surface area (Å²) in [5.74, 6) is 0.691. The Morgan fingerprint density at radius 2 is 1.53 bits per heavy atom. The first-order chi connectivity index (χ1) is 9.13. The molecule has 0 unspecified atom stereocenters. The minimum atomic E-state index is 0.688. The number of benzene rings is 2. The van der Waals surface area contributed by atoms with E-state index < -0.39 is 0 Å². The Morgan fingerprint density at radius 1 is 0.842 bits per heavy atom. The van der Waals surface area contributed by atoms with Crippen LogP contribution in [0.1, 0.15) is 0 Å². The van der Waals surface area contributed by atoms with Crippen molar-refractivity contribution in [2.24, 2.45) is 0 Å². The lowest BCUT2D eigenvalue weighted by Gasteiger charge is -2.05.